The number of benzene rings is 1. The minimum Gasteiger partial charge on any atom is -0.384 e. The van der Waals surface area contributed by atoms with E-state index in [2.05, 4.69) is 10.3 Å². The van der Waals surface area contributed by atoms with E-state index in [4.69, 9.17) is 11.6 Å². The molecule has 1 aromatic carbocycles. The van der Waals surface area contributed by atoms with Gasteiger partial charge in [-0.15, -0.1) is 0 Å². The van der Waals surface area contributed by atoms with Gasteiger partial charge in [-0.1, -0.05) is 24.6 Å². The molecule has 0 saturated heterocycles. The van der Waals surface area contributed by atoms with E-state index in [1.54, 1.807) is 6.07 Å². The van der Waals surface area contributed by atoms with E-state index >= 15 is 0 Å². The fraction of sp³-hybridized carbons (Fsp3) is 0.357. The van der Waals surface area contributed by atoms with Crippen LogP contribution < -0.4 is 5.32 Å². The number of alkyl halides is 2. The lowest BCUT2D eigenvalue weighted by atomic mass is 10.1. The highest BCUT2D eigenvalue weighted by molar-refractivity contribution is 6.35. The van der Waals surface area contributed by atoms with Crippen LogP contribution in [0.1, 0.15) is 31.0 Å². The van der Waals surface area contributed by atoms with Crippen molar-refractivity contribution in [1.82, 2.24) is 4.98 Å². The third-order valence-corrected chi connectivity index (χ3v) is 3.23. The molecule has 2 aromatic rings. The van der Waals surface area contributed by atoms with Crippen LogP contribution in [0.3, 0.4) is 0 Å². The van der Waals surface area contributed by atoms with Crippen molar-refractivity contribution in [3.63, 3.8) is 0 Å². The molecule has 1 heterocycles. The summed E-state index contributed by atoms with van der Waals surface area (Å²) in [7, 11) is 0. The second-order valence-electron chi connectivity index (χ2n) is 4.41. The molecule has 1 N–H and O–H groups in total. The van der Waals surface area contributed by atoms with Crippen molar-refractivity contribution in [3.8, 4) is 0 Å². The molecule has 0 spiro atoms. The molecule has 0 aliphatic carbocycles. The van der Waals surface area contributed by atoms with Crippen LogP contribution in [0, 0.1) is 6.92 Å². The maximum Gasteiger partial charge on any atom is 0.280 e. The number of aromatic nitrogens is 1. The van der Waals surface area contributed by atoms with Crippen molar-refractivity contribution < 1.29 is 8.78 Å². The summed E-state index contributed by atoms with van der Waals surface area (Å²) < 4.78 is 25.8. The number of halogens is 3. The van der Waals surface area contributed by atoms with Crippen LogP contribution in [0.15, 0.2) is 18.2 Å². The first-order valence-corrected chi connectivity index (χ1v) is 6.54. The fourth-order valence-electron chi connectivity index (χ4n) is 2.01. The predicted octanol–water partition coefficient (Wildman–Crippen LogP) is 4.96. The number of fused-ring (bicyclic) bond motifs is 1. The molecule has 0 unspecified atom stereocenters. The Labute approximate surface area is 115 Å². The largest absolute Gasteiger partial charge is 0.384 e. The standard InChI is InChI=1S/C14H15ClF2N2/c1-3-6-18-10-7-11(14(16)17)19-13-9(15)5-4-8(2)12(10)13/h4-5,7,14H,3,6H2,1-2H3,(H,18,19). The van der Waals surface area contributed by atoms with Crippen LogP contribution in [0.4, 0.5) is 14.5 Å². The molecule has 19 heavy (non-hydrogen) atoms. The van der Waals surface area contributed by atoms with E-state index in [9.17, 15) is 8.78 Å². The summed E-state index contributed by atoms with van der Waals surface area (Å²) in [4.78, 5) is 3.98. The van der Waals surface area contributed by atoms with Gasteiger partial charge in [-0.3, -0.25) is 0 Å². The summed E-state index contributed by atoms with van der Waals surface area (Å²) in [5.41, 5.74) is 1.81. The van der Waals surface area contributed by atoms with E-state index in [0.717, 1.165) is 17.4 Å². The lowest BCUT2D eigenvalue weighted by Gasteiger charge is -2.14. The Hall–Kier alpha value is -1.42. The van der Waals surface area contributed by atoms with Crippen LogP contribution in [-0.4, -0.2) is 11.5 Å². The van der Waals surface area contributed by atoms with E-state index in [1.807, 2.05) is 19.9 Å². The van der Waals surface area contributed by atoms with Crippen LogP contribution >= 0.6 is 11.6 Å². The molecule has 0 aliphatic heterocycles. The Bertz CT molecular complexity index is 600. The first-order chi connectivity index (χ1) is 9.04. The molecule has 102 valence electrons. The van der Waals surface area contributed by atoms with Gasteiger partial charge < -0.3 is 5.32 Å². The van der Waals surface area contributed by atoms with Gasteiger partial charge in [0, 0.05) is 17.6 Å². The van der Waals surface area contributed by atoms with E-state index in [0.29, 0.717) is 22.8 Å². The Morgan fingerprint density at radius 2 is 2.11 bits per heavy atom. The molecule has 0 amide bonds. The summed E-state index contributed by atoms with van der Waals surface area (Å²) in [6.07, 6.45) is -1.70. The molecular weight excluding hydrogens is 270 g/mol. The number of hydrogen-bond acceptors (Lipinski definition) is 2. The Kier molecular flexibility index (Phi) is 4.20. The van der Waals surface area contributed by atoms with Crippen LogP contribution in [-0.2, 0) is 0 Å². The smallest absolute Gasteiger partial charge is 0.280 e. The van der Waals surface area contributed by atoms with Gasteiger partial charge in [0.15, 0.2) is 0 Å². The van der Waals surface area contributed by atoms with E-state index in [-0.39, 0.29) is 5.69 Å². The van der Waals surface area contributed by atoms with Gasteiger partial charge in [-0.25, -0.2) is 13.8 Å². The van der Waals surface area contributed by atoms with Gasteiger partial charge in [0.1, 0.15) is 5.69 Å². The van der Waals surface area contributed by atoms with Crippen molar-refractivity contribution in [2.45, 2.75) is 26.7 Å². The zero-order valence-corrected chi connectivity index (χ0v) is 11.6. The molecule has 2 nitrogen and oxygen atoms in total. The third-order valence-electron chi connectivity index (χ3n) is 2.93. The average Bonchev–Trinajstić information content (AvgIpc) is 2.39. The number of aryl methyl sites for hydroxylation is 1. The quantitative estimate of drug-likeness (QED) is 0.858. The van der Waals surface area contributed by atoms with Crippen molar-refractivity contribution >= 4 is 28.2 Å². The summed E-state index contributed by atoms with van der Waals surface area (Å²) in [6.45, 7) is 4.65. The van der Waals surface area contributed by atoms with Crippen molar-refractivity contribution in [1.29, 1.82) is 0 Å². The zero-order chi connectivity index (χ0) is 14.0. The molecule has 1 aromatic heterocycles. The second kappa shape index (κ2) is 5.70. The molecule has 2 rings (SSSR count). The van der Waals surface area contributed by atoms with Gasteiger partial charge in [-0.05, 0) is 31.0 Å². The average molecular weight is 285 g/mol. The lowest BCUT2D eigenvalue weighted by molar-refractivity contribution is 0.146. The Morgan fingerprint density at radius 1 is 1.37 bits per heavy atom. The minimum atomic E-state index is -2.61. The van der Waals surface area contributed by atoms with Crippen LogP contribution in [0.25, 0.3) is 10.9 Å². The first-order valence-electron chi connectivity index (χ1n) is 6.16. The van der Waals surface area contributed by atoms with Gasteiger partial charge in [-0.2, -0.15) is 0 Å². The molecule has 0 saturated carbocycles. The zero-order valence-electron chi connectivity index (χ0n) is 10.8. The molecule has 0 bridgehead atoms. The second-order valence-corrected chi connectivity index (χ2v) is 4.82. The van der Waals surface area contributed by atoms with Gasteiger partial charge in [0.25, 0.3) is 6.43 Å². The van der Waals surface area contributed by atoms with Gasteiger partial charge in [0.2, 0.25) is 0 Å². The number of hydrogen-bond donors (Lipinski definition) is 1. The Morgan fingerprint density at radius 3 is 2.74 bits per heavy atom. The summed E-state index contributed by atoms with van der Waals surface area (Å²) in [6, 6.07) is 4.96. The summed E-state index contributed by atoms with van der Waals surface area (Å²) in [5.74, 6) is 0. The van der Waals surface area contributed by atoms with E-state index in [1.165, 1.54) is 6.07 Å². The normalized spacial score (nSPS) is 11.3. The number of pyridine rings is 1. The Balaban J connectivity index is 2.70. The maximum absolute atomic E-state index is 12.9. The SMILES string of the molecule is CCCNc1cc(C(F)F)nc2c(Cl)ccc(C)c12. The van der Waals surface area contributed by atoms with Gasteiger partial charge >= 0.3 is 0 Å². The third kappa shape index (κ3) is 2.78. The monoisotopic (exact) mass is 284 g/mol. The number of anilines is 1. The van der Waals surface area contributed by atoms with Crippen LogP contribution in [0.2, 0.25) is 5.02 Å². The van der Waals surface area contributed by atoms with Crippen molar-refractivity contribution in [2.75, 3.05) is 11.9 Å². The molecule has 0 fully saturated rings. The first kappa shape index (κ1) is 14.0. The van der Waals surface area contributed by atoms with Crippen LogP contribution in [0.5, 0.6) is 0 Å². The fourth-order valence-corrected chi connectivity index (χ4v) is 2.21. The van der Waals surface area contributed by atoms with Gasteiger partial charge in [0.05, 0.1) is 10.5 Å². The van der Waals surface area contributed by atoms with Crippen molar-refractivity contribution in [2.24, 2.45) is 0 Å². The molecule has 5 heteroatoms. The highest BCUT2D eigenvalue weighted by Gasteiger charge is 2.16. The molecular formula is C14H15ClF2N2. The topological polar surface area (TPSA) is 24.9 Å². The number of nitrogens with zero attached hydrogens (tertiary/aromatic N) is 1. The maximum atomic E-state index is 12.9. The highest BCUT2D eigenvalue weighted by Crippen LogP contribution is 2.33. The summed E-state index contributed by atoms with van der Waals surface area (Å²) in [5, 5.41) is 4.37. The van der Waals surface area contributed by atoms with Crippen molar-refractivity contribution in [3.05, 3.63) is 34.5 Å². The minimum absolute atomic E-state index is 0.251. The lowest BCUT2D eigenvalue weighted by Crippen LogP contribution is -2.04. The molecule has 0 aliphatic rings. The number of nitrogens with one attached hydrogen (secondary N) is 1. The molecule has 0 atom stereocenters. The van der Waals surface area contributed by atoms with E-state index < -0.39 is 6.43 Å². The number of rotatable bonds is 4. The highest BCUT2D eigenvalue weighted by atomic mass is 35.5. The summed E-state index contributed by atoms with van der Waals surface area (Å²) >= 11 is 6.08. The molecule has 0 radical (unpaired) electrons. The predicted molar refractivity (Wildman–Crippen MR) is 75.2 cm³/mol.